The topological polar surface area (TPSA) is 89.1 Å². The number of carbonyl (C=O) groups excluding carboxylic acids is 1. The number of carbonyl (C=O) groups is 1. The molecule has 0 saturated carbocycles. The summed E-state index contributed by atoms with van der Waals surface area (Å²) in [5.74, 6) is 1.10. The number of rotatable bonds is 6. The summed E-state index contributed by atoms with van der Waals surface area (Å²) in [6.07, 6.45) is 4.04. The number of aromatic hydroxyl groups is 1. The van der Waals surface area contributed by atoms with Gasteiger partial charge in [-0.1, -0.05) is 12.2 Å². The van der Waals surface area contributed by atoms with Crippen LogP contribution in [0, 0.1) is 0 Å². The van der Waals surface area contributed by atoms with Crippen molar-refractivity contribution in [2.24, 2.45) is 0 Å². The van der Waals surface area contributed by atoms with Crippen molar-refractivity contribution in [1.82, 2.24) is 0 Å². The molecule has 0 aliphatic carbocycles. The molecule has 1 heterocycles. The normalized spacial score (nSPS) is 11.2. The lowest BCUT2D eigenvalue weighted by molar-refractivity contribution is 0.112. The Kier molecular flexibility index (Phi) is 4.95. The summed E-state index contributed by atoms with van der Waals surface area (Å²) >= 11 is 0. The highest BCUT2D eigenvalue weighted by Crippen LogP contribution is 2.40. The molecule has 134 valence electrons. The first-order valence-electron chi connectivity index (χ1n) is 7.87. The van der Waals surface area contributed by atoms with Gasteiger partial charge >= 0.3 is 0 Å². The van der Waals surface area contributed by atoms with Gasteiger partial charge < -0.3 is 24.1 Å². The first-order valence-corrected chi connectivity index (χ1v) is 7.87. The maximum Gasteiger partial charge on any atom is 0.177 e. The number of aldehydes is 1. The molecule has 1 aromatic heterocycles. The molecule has 6 heteroatoms. The highest BCUT2D eigenvalue weighted by atomic mass is 16.5. The molecule has 3 aromatic rings. The minimum Gasteiger partial charge on any atom is -0.504 e. The third-order valence-electron chi connectivity index (χ3n) is 4.01. The Labute approximate surface area is 149 Å². The SMILES string of the molecule is COc1cc(-c2oc3c(OC)cc(/C=C/CO)cc3c2C=O)ccc1O. The highest BCUT2D eigenvalue weighted by Gasteiger charge is 2.20. The Hall–Kier alpha value is -3.25. The second kappa shape index (κ2) is 7.33. The Morgan fingerprint density at radius 2 is 1.88 bits per heavy atom. The molecule has 2 N–H and O–H groups in total. The smallest absolute Gasteiger partial charge is 0.177 e. The Balaban J connectivity index is 2.27. The lowest BCUT2D eigenvalue weighted by Crippen LogP contribution is -1.87. The van der Waals surface area contributed by atoms with Gasteiger partial charge in [-0.05, 0) is 35.9 Å². The third-order valence-corrected chi connectivity index (χ3v) is 4.01. The summed E-state index contributed by atoms with van der Waals surface area (Å²) in [5, 5.41) is 19.3. The predicted octanol–water partition coefficient (Wildman–Crippen LogP) is 3.64. The fourth-order valence-electron chi connectivity index (χ4n) is 2.80. The largest absolute Gasteiger partial charge is 0.504 e. The van der Waals surface area contributed by atoms with Gasteiger partial charge in [0.25, 0.3) is 0 Å². The fourth-order valence-corrected chi connectivity index (χ4v) is 2.80. The number of aliphatic hydroxyl groups excluding tert-OH is 1. The second-order valence-electron chi connectivity index (χ2n) is 5.53. The van der Waals surface area contributed by atoms with Crippen molar-refractivity contribution >= 4 is 23.3 Å². The summed E-state index contributed by atoms with van der Waals surface area (Å²) < 4.78 is 16.4. The lowest BCUT2D eigenvalue weighted by Gasteiger charge is -2.05. The van der Waals surface area contributed by atoms with Crippen molar-refractivity contribution in [2.75, 3.05) is 20.8 Å². The quantitative estimate of drug-likeness (QED) is 0.657. The molecule has 0 unspecified atom stereocenters. The van der Waals surface area contributed by atoms with Crippen molar-refractivity contribution < 1.29 is 28.9 Å². The molecule has 6 nitrogen and oxygen atoms in total. The molecule has 0 radical (unpaired) electrons. The van der Waals surface area contributed by atoms with Gasteiger partial charge in [0.05, 0.1) is 26.4 Å². The van der Waals surface area contributed by atoms with E-state index in [1.54, 1.807) is 36.4 Å². The van der Waals surface area contributed by atoms with Crippen LogP contribution < -0.4 is 9.47 Å². The van der Waals surface area contributed by atoms with Crippen molar-refractivity contribution in [2.45, 2.75) is 0 Å². The van der Waals surface area contributed by atoms with Crippen LogP contribution in [0.1, 0.15) is 15.9 Å². The van der Waals surface area contributed by atoms with Gasteiger partial charge in [-0.15, -0.1) is 0 Å². The first kappa shape index (κ1) is 17.6. The van der Waals surface area contributed by atoms with Crippen LogP contribution in [-0.2, 0) is 0 Å². The van der Waals surface area contributed by atoms with E-state index in [0.717, 1.165) is 11.8 Å². The molecule has 0 amide bonds. The third kappa shape index (κ3) is 3.02. The molecular formula is C20H18O6. The number of hydrogen-bond acceptors (Lipinski definition) is 6. The number of aliphatic hydroxyl groups is 1. The number of methoxy groups -OCH3 is 2. The highest BCUT2D eigenvalue weighted by molar-refractivity contribution is 6.05. The van der Waals surface area contributed by atoms with Gasteiger partial charge in [-0.3, -0.25) is 4.79 Å². The Morgan fingerprint density at radius 1 is 1.12 bits per heavy atom. The van der Waals surface area contributed by atoms with E-state index in [9.17, 15) is 9.90 Å². The maximum absolute atomic E-state index is 11.8. The zero-order chi connectivity index (χ0) is 18.7. The maximum atomic E-state index is 11.8. The van der Waals surface area contributed by atoms with Gasteiger partial charge in [0.2, 0.25) is 0 Å². The number of ether oxygens (including phenoxy) is 2. The number of hydrogen-bond donors (Lipinski definition) is 2. The molecule has 0 aliphatic heterocycles. The summed E-state index contributed by atoms with van der Waals surface area (Å²) in [6, 6.07) is 8.26. The zero-order valence-electron chi connectivity index (χ0n) is 14.4. The fraction of sp³-hybridized carbons (Fsp3) is 0.150. The first-order chi connectivity index (χ1) is 12.6. The van der Waals surface area contributed by atoms with E-state index in [4.69, 9.17) is 19.0 Å². The molecule has 26 heavy (non-hydrogen) atoms. The molecule has 0 atom stereocenters. The Morgan fingerprint density at radius 3 is 2.54 bits per heavy atom. The summed E-state index contributed by atoms with van der Waals surface area (Å²) in [6.45, 7) is -0.0924. The number of phenolic OH excluding ortho intramolecular Hbond substituents is 1. The molecule has 0 aliphatic rings. The van der Waals surface area contributed by atoms with Crippen LogP contribution in [0.25, 0.3) is 28.4 Å². The van der Waals surface area contributed by atoms with E-state index in [0.29, 0.717) is 33.6 Å². The standard InChI is InChI=1S/C20H18O6/c1-24-17-10-13(5-6-16(17)23)19-15(11-22)14-8-12(4-3-7-21)9-18(25-2)20(14)26-19/h3-6,8-11,21,23H,7H2,1-2H3/b4-3+. The van der Waals surface area contributed by atoms with Gasteiger partial charge in [-0.2, -0.15) is 0 Å². The summed E-state index contributed by atoms with van der Waals surface area (Å²) in [7, 11) is 2.96. The van der Waals surface area contributed by atoms with Crippen molar-refractivity contribution in [3.05, 3.63) is 47.5 Å². The van der Waals surface area contributed by atoms with Crippen molar-refractivity contribution in [1.29, 1.82) is 0 Å². The number of phenols is 1. The van der Waals surface area contributed by atoms with Crippen LogP contribution in [0.15, 0.2) is 40.8 Å². The number of furan rings is 1. The van der Waals surface area contributed by atoms with E-state index < -0.39 is 0 Å². The van der Waals surface area contributed by atoms with E-state index in [1.165, 1.54) is 20.3 Å². The minimum absolute atomic E-state index is 0.00554. The van der Waals surface area contributed by atoms with Gasteiger partial charge in [0.15, 0.2) is 29.1 Å². The molecule has 3 rings (SSSR count). The van der Waals surface area contributed by atoms with Crippen LogP contribution in [0.2, 0.25) is 0 Å². The van der Waals surface area contributed by atoms with Crippen LogP contribution >= 0.6 is 0 Å². The van der Waals surface area contributed by atoms with Crippen LogP contribution in [0.3, 0.4) is 0 Å². The van der Waals surface area contributed by atoms with Crippen molar-refractivity contribution in [3.63, 3.8) is 0 Å². The average Bonchev–Trinajstić information content (AvgIpc) is 3.04. The average molecular weight is 354 g/mol. The van der Waals surface area contributed by atoms with E-state index in [-0.39, 0.29) is 18.1 Å². The lowest BCUT2D eigenvalue weighted by atomic mass is 10.0. The van der Waals surface area contributed by atoms with Crippen molar-refractivity contribution in [3.8, 4) is 28.6 Å². The van der Waals surface area contributed by atoms with Crippen LogP contribution in [0.5, 0.6) is 17.2 Å². The second-order valence-corrected chi connectivity index (χ2v) is 5.53. The van der Waals surface area contributed by atoms with E-state index in [2.05, 4.69) is 0 Å². The molecular weight excluding hydrogens is 336 g/mol. The molecule has 0 fully saturated rings. The molecule has 0 bridgehead atoms. The Bertz CT molecular complexity index is 984. The van der Waals surface area contributed by atoms with Crippen LogP contribution in [-0.4, -0.2) is 37.3 Å². The number of fused-ring (bicyclic) bond motifs is 1. The minimum atomic E-state index is -0.0924. The van der Waals surface area contributed by atoms with Gasteiger partial charge in [0.1, 0.15) is 5.76 Å². The van der Waals surface area contributed by atoms with Crippen LogP contribution in [0.4, 0.5) is 0 Å². The zero-order valence-corrected chi connectivity index (χ0v) is 14.4. The number of benzene rings is 2. The monoisotopic (exact) mass is 354 g/mol. The van der Waals surface area contributed by atoms with E-state index >= 15 is 0 Å². The summed E-state index contributed by atoms with van der Waals surface area (Å²) in [4.78, 5) is 11.8. The predicted molar refractivity (Wildman–Crippen MR) is 97.9 cm³/mol. The molecule has 0 spiro atoms. The molecule has 2 aromatic carbocycles. The van der Waals surface area contributed by atoms with Gasteiger partial charge in [-0.25, -0.2) is 0 Å². The van der Waals surface area contributed by atoms with E-state index in [1.807, 2.05) is 0 Å². The summed E-state index contributed by atoms with van der Waals surface area (Å²) in [5.41, 5.74) is 2.16. The van der Waals surface area contributed by atoms with Gasteiger partial charge in [0, 0.05) is 10.9 Å². The molecule has 0 saturated heterocycles.